The van der Waals surface area contributed by atoms with E-state index in [1.807, 2.05) is 0 Å². The van der Waals surface area contributed by atoms with E-state index in [0.29, 0.717) is 12.6 Å². The minimum atomic E-state index is -0.165. The third-order valence-electron chi connectivity index (χ3n) is 5.79. The summed E-state index contributed by atoms with van der Waals surface area (Å²) in [6.45, 7) is 11.7. The van der Waals surface area contributed by atoms with Gasteiger partial charge < -0.3 is 10.1 Å². The van der Waals surface area contributed by atoms with Gasteiger partial charge in [-0.25, -0.2) is 15.0 Å². The van der Waals surface area contributed by atoms with Crippen LogP contribution in [0, 0.1) is 0 Å². The highest BCUT2D eigenvalue weighted by Gasteiger charge is 2.31. The molecular weight excluding hydrogens is 380 g/mol. The third kappa shape index (κ3) is 3.97. The number of hydrogen-bond donors (Lipinski definition) is 1. The van der Waals surface area contributed by atoms with Crippen LogP contribution in [-0.4, -0.2) is 26.6 Å². The summed E-state index contributed by atoms with van der Waals surface area (Å²) in [5.41, 5.74) is 4.75. The molecule has 0 aromatic carbocycles. The molecule has 0 saturated carbocycles. The van der Waals surface area contributed by atoms with Crippen molar-refractivity contribution in [3.8, 4) is 0 Å². The molecule has 1 N–H and O–H groups in total. The normalized spacial score (nSPS) is 16.9. The van der Waals surface area contributed by atoms with Gasteiger partial charge in [0.1, 0.15) is 17.0 Å². The maximum atomic E-state index is 6.17. The number of hydrogen-bond acceptors (Lipinski definition) is 6. The van der Waals surface area contributed by atoms with E-state index in [2.05, 4.69) is 44.9 Å². The van der Waals surface area contributed by atoms with E-state index in [-0.39, 0.29) is 5.60 Å². The summed E-state index contributed by atoms with van der Waals surface area (Å²) < 4.78 is 7.29. The van der Waals surface area contributed by atoms with Gasteiger partial charge in [-0.05, 0) is 45.6 Å². The molecule has 6 heteroatoms. The second kappa shape index (κ2) is 8.15. The van der Waals surface area contributed by atoms with Gasteiger partial charge in [-0.15, -0.1) is 11.3 Å². The predicted octanol–water partition coefficient (Wildman–Crippen LogP) is 6.03. The summed E-state index contributed by atoms with van der Waals surface area (Å²) >= 11 is 1.73. The van der Waals surface area contributed by atoms with Gasteiger partial charge in [-0.3, -0.25) is 0 Å². The standard InChI is InChI=1S/C23H32N4OS/c1-6-8-10-17-16-12-28-23(4,5)11-15(16)18-19-20(29-22(18)27-17)21(25-13-24-19)26-14(3)9-7-2/h13-14H,6-12H2,1-5H3,(H,24,25,26). The number of fused-ring (bicyclic) bond motifs is 5. The first-order valence-corrected chi connectivity index (χ1v) is 11.7. The molecule has 0 bridgehead atoms. The van der Waals surface area contributed by atoms with Gasteiger partial charge in [0, 0.05) is 29.1 Å². The molecule has 4 heterocycles. The van der Waals surface area contributed by atoms with Gasteiger partial charge in [-0.2, -0.15) is 0 Å². The van der Waals surface area contributed by atoms with Crippen LogP contribution >= 0.6 is 11.3 Å². The van der Waals surface area contributed by atoms with E-state index in [4.69, 9.17) is 14.7 Å². The van der Waals surface area contributed by atoms with E-state index in [1.54, 1.807) is 17.7 Å². The second-order valence-corrected chi connectivity index (χ2v) is 9.86. The van der Waals surface area contributed by atoms with Crippen LogP contribution in [0.2, 0.25) is 0 Å². The van der Waals surface area contributed by atoms with E-state index in [9.17, 15) is 0 Å². The molecule has 1 atom stereocenters. The monoisotopic (exact) mass is 412 g/mol. The van der Waals surface area contributed by atoms with Crippen molar-refractivity contribution in [1.29, 1.82) is 0 Å². The Bertz CT molecular complexity index is 1030. The second-order valence-electron chi connectivity index (χ2n) is 8.86. The van der Waals surface area contributed by atoms with E-state index < -0.39 is 0 Å². The quantitative estimate of drug-likeness (QED) is 0.513. The van der Waals surface area contributed by atoms with E-state index >= 15 is 0 Å². The Kier molecular flexibility index (Phi) is 5.76. The molecule has 3 aromatic heterocycles. The molecule has 5 nitrogen and oxygen atoms in total. The molecule has 0 saturated heterocycles. The zero-order chi connectivity index (χ0) is 20.6. The number of unbranched alkanes of at least 4 members (excludes halogenated alkanes) is 1. The first-order chi connectivity index (χ1) is 13.9. The lowest BCUT2D eigenvalue weighted by atomic mass is 9.88. The first-order valence-electron chi connectivity index (χ1n) is 10.9. The minimum absolute atomic E-state index is 0.165. The van der Waals surface area contributed by atoms with E-state index in [0.717, 1.165) is 53.0 Å². The summed E-state index contributed by atoms with van der Waals surface area (Å²) in [6, 6.07) is 0.387. The number of nitrogens with zero attached hydrogens (tertiary/aromatic N) is 3. The molecule has 0 amide bonds. The number of thiophene rings is 1. The van der Waals surface area contributed by atoms with Crippen LogP contribution in [0.25, 0.3) is 20.4 Å². The van der Waals surface area contributed by atoms with Crippen molar-refractivity contribution in [2.45, 2.75) is 91.4 Å². The lowest BCUT2D eigenvalue weighted by Gasteiger charge is -2.33. The van der Waals surface area contributed by atoms with E-state index in [1.165, 1.54) is 28.6 Å². The average molecular weight is 413 g/mol. The van der Waals surface area contributed by atoms with Crippen LogP contribution in [0.5, 0.6) is 0 Å². The number of rotatable bonds is 7. The van der Waals surface area contributed by atoms with Crippen molar-refractivity contribution < 1.29 is 4.74 Å². The Morgan fingerprint density at radius 2 is 2.03 bits per heavy atom. The van der Waals surface area contributed by atoms with Crippen molar-refractivity contribution in [3.05, 3.63) is 23.1 Å². The summed E-state index contributed by atoms with van der Waals surface area (Å²) in [6.07, 6.45) is 8.19. The summed E-state index contributed by atoms with van der Waals surface area (Å²) in [7, 11) is 0. The smallest absolute Gasteiger partial charge is 0.147 e. The fraction of sp³-hybridized carbons (Fsp3) is 0.609. The Labute approximate surface area is 177 Å². The molecule has 29 heavy (non-hydrogen) atoms. The van der Waals surface area contributed by atoms with Gasteiger partial charge in [0.25, 0.3) is 0 Å². The molecule has 0 spiro atoms. The van der Waals surface area contributed by atoms with Crippen molar-refractivity contribution >= 4 is 37.6 Å². The topological polar surface area (TPSA) is 59.9 Å². The van der Waals surface area contributed by atoms with Gasteiger partial charge in [-0.1, -0.05) is 26.7 Å². The Morgan fingerprint density at radius 1 is 1.21 bits per heavy atom. The van der Waals surface area contributed by atoms with Crippen LogP contribution in [0.4, 0.5) is 5.82 Å². The maximum absolute atomic E-state index is 6.17. The Morgan fingerprint density at radius 3 is 2.79 bits per heavy atom. The summed E-state index contributed by atoms with van der Waals surface area (Å²) in [4.78, 5) is 15.5. The molecule has 3 aromatic rings. The number of aromatic nitrogens is 3. The number of aryl methyl sites for hydroxylation is 1. The fourth-order valence-electron chi connectivity index (χ4n) is 4.27. The van der Waals surface area contributed by atoms with Crippen LogP contribution in [0.3, 0.4) is 0 Å². The number of ether oxygens (including phenoxy) is 1. The van der Waals surface area contributed by atoms with Crippen LogP contribution in [-0.2, 0) is 24.2 Å². The number of anilines is 1. The minimum Gasteiger partial charge on any atom is -0.370 e. The average Bonchev–Trinajstić information content (AvgIpc) is 3.05. The molecule has 1 unspecified atom stereocenters. The highest BCUT2D eigenvalue weighted by Crippen LogP contribution is 2.42. The molecule has 0 aliphatic carbocycles. The van der Waals surface area contributed by atoms with Crippen LogP contribution < -0.4 is 5.32 Å². The Balaban J connectivity index is 1.91. The van der Waals surface area contributed by atoms with Crippen molar-refractivity contribution in [1.82, 2.24) is 15.0 Å². The van der Waals surface area contributed by atoms with Gasteiger partial charge in [0.2, 0.25) is 0 Å². The van der Waals surface area contributed by atoms with Crippen LogP contribution in [0.1, 0.15) is 77.1 Å². The van der Waals surface area contributed by atoms with Crippen molar-refractivity contribution in [2.75, 3.05) is 5.32 Å². The highest BCUT2D eigenvalue weighted by molar-refractivity contribution is 7.26. The van der Waals surface area contributed by atoms with Crippen molar-refractivity contribution in [2.24, 2.45) is 0 Å². The molecule has 4 rings (SSSR count). The van der Waals surface area contributed by atoms with Gasteiger partial charge >= 0.3 is 0 Å². The molecule has 1 aliphatic rings. The first kappa shape index (κ1) is 20.5. The molecule has 0 fully saturated rings. The zero-order valence-electron chi connectivity index (χ0n) is 18.3. The van der Waals surface area contributed by atoms with Crippen molar-refractivity contribution in [3.63, 3.8) is 0 Å². The fourth-order valence-corrected chi connectivity index (χ4v) is 5.40. The molecule has 0 radical (unpaired) electrons. The number of pyridine rings is 1. The molecular formula is C23H32N4OS. The van der Waals surface area contributed by atoms with Crippen LogP contribution in [0.15, 0.2) is 6.33 Å². The number of nitrogens with one attached hydrogen (secondary N) is 1. The SMILES string of the molecule is CCCCc1nc2sc3c(NC(C)CCC)ncnc3c2c2c1COC(C)(C)C2. The van der Waals surface area contributed by atoms with Gasteiger partial charge in [0.05, 0.1) is 22.4 Å². The Hall–Kier alpha value is -1.79. The molecule has 1 aliphatic heterocycles. The molecule has 156 valence electrons. The lowest BCUT2D eigenvalue weighted by Crippen LogP contribution is -2.32. The summed E-state index contributed by atoms with van der Waals surface area (Å²) in [5.74, 6) is 0.939. The summed E-state index contributed by atoms with van der Waals surface area (Å²) in [5, 5.41) is 4.81. The highest BCUT2D eigenvalue weighted by atomic mass is 32.1. The third-order valence-corrected chi connectivity index (χ3v) is 6.87. The van der Waals surface area contributed by atoms with Gasteiger partial charge in [0.15, 0.2) is 0 Å². The lowest BCUT2D eigenvalue weighted by molar-refractivity contribution is -0.0401. The largest absolute Gasteiger partial charge is 0.370 e. The maximum Gasteiger partial charge on any atom is 0.147 e. The predicted molar refractivity (Wildman–Crippen MR) is 122 cm³/mol. The zero-order valence-corrected chi connectivity index (χ0v) is 19.1.